The lowest BCUT2D eigenvalue weighted by Gasteiger charge is -2.04. The van der Waals surface area contributed by atoms with Gasteiger partial charge in [-0.3, -0.25) is 4.79 Å². The number of ether oxygens (including phenoxy) is 2. The fourth-order valence-corrected chi connectivity index (χ4v) is 1.04. The molecule has 0 N–H and O–H groups in total. The van der Waals surface area contributed by atoms with Gasteiger partial charge in [-0.2, -0.15) is 0 Å². The SMILES string of the molecule is COCOc1ccc(C=O)c(Cl)c1. The van der Waals surface area contributed by atoms with E-state index in [1.165, 1.54) is 7.11 Å². The van der Waals surface area contributed by atoms with Crippen LogP contribution in [0.2, 0.25) is 5.02 Å². The molecule has 70 valence electrons. The highest BCUT2D eigenvalue weighted by Crippen LogP contribution is 2.21. The van der Waals surface area contributed by atoms with E-state index in [0.29, 0.717) is 22.6 Å². The third-order valence-corrected chi connectivity index (χ3v) is 1.77. The summed E-state index contributed by atoms with van der Waals surface area (Å²) in [5.74, 6) is 0.581. The first-order valence-corrected chi connectivity index (χ1v) is 4.02. The van der Waals surface area contributed by atoms with Gasteiger partial charge in [-0.25, -0.2) is 0 Å². The van der Waals surface area contributed by atoms with Crippen LogP contribution >= 0.6 is 11.6 Å². The molecule has 0 aliphatic heterocycles. The minimum Gasteiger partial charge on any atom is -0.468 e. The van der Waals surface area contributed by atoms with Gasteiger partial charge in [0.05, 0.1) is 5.02 Å². The average Bonchev–Trinajstić information content (AvgIpc) is 2.15. The maximum atomic E-state index is 10.4. The van der Waals surface area contributed by atoms with Crippen LogP contribution in [0, 0.1) is 0 Å². The van der Waals surface area contributed by atoms with Gasteiger partial charge in [0.15, 0.2) is 13.1 Å². The van der Waals surface area contributed by atoms with E-state index >= 15 is 0 Å². The summed E-state index contributed by atoms with van der Waals surface area (Å²) in [5, 5.41) is 0.378. The summed E-state index contributed by atoms with van der Waals surface area (Å²) in [6.45, 7) is 0.163. The number of halogens is 1. The normalized spacial score (nSPS) is 9.69. The summed E-state index contributed by atoms with van der Waals surface area (Å²) in [6.07, 6.45) is 0.697. The molecule has 1 rings (SSSR count). The van der Waals surface area contributed by atoms with Crippen LogP contribution in [0.25, 0.3) is 0 Å². The van der Waals surface area contributed by atoms with Crippen molar-refractivity contribution in [3.63, 3.8) is 0 Å². The fourth-order valence-electron chi connectivity index (χ4n) is 0.820. The summed E-state index contributed by atoms with van der Waals surface area (Å²) in [6, 6.07) is 4.83. The third-order valence-electron chi connectivity index (χ3n) is 1.44. The lowest BCUT2D eigenvalue weighted by molar-refractivity contribution is 0.0511. The van der Waals surface area contributed by atoms with Crippen molar-refractivity contribution in [2.45, 2.75) is 0 Å². The van der Waals surface area contributed by atoms with E-state index in [-0.39, 0.29) is 6.79 Å². The quantitative estimate of drug-likeness (QED) is 0.552. The van der Waals surface area contributed by atoms with E-state index in [9.17, 15) is 4.79 Å². The highest BCUT2D eigenvalue weighted by Gasteiger charge is 2.00. The zero-order valence-electron chi connectivity index (χ0n) is 7.12. The minimum atomic E-state index is 0.163. The average molecular weight is 201 g/mol. The van der Waals surface area contributed by atoms with Crippen LogP contribution in [0.4, 0.5) is 0 Å². The van der Waals surface area contributed by atoms with Crippen LogP contribution < -0.4 is 4.74 Å². The lowest BCUT2D eigenvalue weighted by Crippen LogP contribution is -1.98. The second kappa shape index (κ2) is 4.84. The largest absolute Gasteiger partial charge is 0.468 e. The lowest BCUT2D eigenvalue weighted by atomic mass is 10.2. The van der Waals surface area contributed by atoms with Crippen LogP contribution in [-0.4, -0.2) is 20.2 Å². The number of benzene rings is 1. The molecule has 0 amide bonds. The predicted molar refractivity (Wildman–Crippen MR) is 49.3 cm³/mol. The number of methoxy groups -OCH3 is 1. The molecule has 1 aromatic rings. The highest BCUT2D eigenvalue weighted by atomic mass is 35.5. The summed E-state index contributed by atoms with van der Waals surface area (Å²) in [5.41, 5.74) is 0.450. The Kier molecular flexibility index (Phi) is 3.73. The van der Waals surface area contributed by atoms with Gasteiger partial charge in [0.1, 0.15) is 5.75 Å². The smallest absolute Gasteiger partial charge is 0.188 e. The summed E-state index contributed by atoms with van der Waals surface area (Å²) >= 11 is 5.76. The number of carbonyl (C=O) groups excluding carboxylic acids is 1. The summed E-state index contributed by atoms with van der Waals surface area (Å²) < 4.78 is 9.82. The number of hydrogen-bond acceptors (Lipinski definition) is 3. The highest BCUT2D eigenvalue weighted by molar-refractivity contribution is 6.33. The molecule has 0 bridgehead atoms. The van der Waals surface area contributed by atoms with Gasteiger partial charge in [-0.1, -0.05) is 11.6 Å². The number of carbonyl (C=O) groups is 1. The van der Waals surface area contributed by atoms with Crippen molar-refractivity contribution in [2.75, 3.05) is 13.9 Å². The van der Waals surface area contributed by atoms with Crippen molar-refractivity contribution in [3.8, 4) is 5.75 Å². The second-order valence-corrected chi connectivity index (χ2v) is 2.76. The van der Waals surface area contributed by atoms with Crippen molar-refractivity contribution in [1.29, 1.82) is 0 Å². The molecule has 0 spiro atoms. The van der Waals surface area contributed by atoms with Gasteiger partial charge in [0, 0.05) is 12.7 Å². The van der Waals surface area contributed by atoms with Gasteiger partial charge in [0.25, 0.3) is 0 Å². The van der Waals surface area contributed by atoms with Crippen molar-refractivity contribution < 1.29 is 14.3 Å². The Morgan fingerprint density at radius 1 is 1.54 bits per heavy atom. The molecule has 0 saturated carbocycles. The Morgan fingerprint density at radius 2 is 2.31 bits per heavy atom. The van der Waals surface area contributed by atoms with E-state index in [0.717, 1.165) is 0 Å². The van der Waals surface area contributed by atoms with E-state index in [2.05, 4.69) is 0 Å². The molecule has 0 radical (unpaired) electrons. The Balaban J connectivity index is 2.77. The molecule has 0 unspecified atom stereocenters. The molecule has 0 heterocycles. The molecular formula is C9H9ClO3. The van der Waals surface area contributed by atoms with Crippen LogP contribution in [0.3, 0.4) is 0 Å². The number of rotatable bonds is 4. The van der Waals surface area contributed by atoms with Crippen LogP contribution in [-0.2, 0) is 4.74 Å². The molecule has 0 aliphatic carbocycles. The Hall–Kier alpha value is -1.06. The summed E-state index contributed by atoms with van der Waals surface area (Å²) in [7, 11) is 1.53. The Bertz CT molecular complexity index is 299. The maximum Gasteiger partial charge on any atom is 0.188 e. The third kappa shape index (κ3) is 2.72. The molecule has 0 fully saturated rings. The number of hydrogen-bond donors (Lipinski definition) is 0. The van der Waals surface area contributed by atoms with E-state index in [1.54, 1.807) is 18.2 Å². The first-order valence-electron chi connectivity index (χ1n) is 3.64. The fraction of sp³-hybridized carbons (Fsp3) is 0.222. The monoisotopic (exact) mass is 200 g/mol. The van der Waals surface area contributed by atoms with Gasteiger partial charge in [-0.05, 0) is 18.2 Å². The van der Waals surface area contributed by atoms with Gasteiger partial charge >= 0.3 is 0 Å². The molecule has 13 heavy (non-hydrogen) atoms. The van der Waals surface area contributed by atoms with Crippen molar-refractivity contribution in [1.82, 2.24) is 0 Å². The summed E-state index contributed by atoms with van der Waals surface area (Å²) in [4.78, 5) is 10.4. The Morgan fingerprint density at radius 3 is 2.85 bits per heavy atom. The number of aldehydes is 1. The zero-order valence-corrected chi connectivity index (χ0v) is 7.88. The standard InChI is InChI=1S/C9H9ClO3/c1-12-6-13-8-3-2-7(5-11)9(10)4-8/h2-5H,6H2,1H3. The van der Waals surface area contributed by atoms with Crippen molar-refractivity contribution in [3.05, 3.63) is 28.8 Å². The Labute approximate surface area is 81.2 Å². The molecule has 1 aromatic carbocycles. The maximum absolute atomic E-state index is 10.4. The van der Waals surface area contributed by atoms with E-state index < -0.39 is 0 Å². The van der Waals surface area contributed by atoms with E-state index in [1.807, 2.05) is 0 Å². The minimum absolute atomic E-state index is 0.163. The van der Waals surface area contributed by atoms with Crippen molar-refractivity contribution >= 4 is 17.9 Å². The molecular weight excluding hydrogens is 192 g/mol. The molecule has 0 aromatic heterocycles. The van der Waals surface area contributed by atoms with Crippen LogP contribution in [0.1, 0.15) is 10.4 Å². The molecule has 4 heteroatoms. The molecule has 3 nitrogen and oxygen atoms in total. The van der Waals surface area contributed by atoms with Gasteiger partial charge in [-0.15, -0.1) is 0 Å². The van der Waals surface area contributed by atoms with Crippen LogP contribution in [0.15, 0.2) is 18.2 Å². The van der Waals surface area contributed by atoms with Crippen LogP contribution in [0.5, 0.6) is 5.75 Å². The van der Waals surface area contributed by atoms with Crippen molar-refractivity contribution in [2.24, 2.45) is 0 Å². The molecule has 0 atom stereocenters. The first kappa shape index (κ1) is 10.0. The van der Waals surface area contributed by atoms with Gasteiger partial charge in [0.2, 0.25) is 0 Å². The predicted octanol–water partition coefficient (Wildman–Crippen LogP) is 2.14. The topological polar surface area (TPSA) is 35.5 Å². The molecule has 0 saturated heterocycles. The second-order valence-electron chi connectivity index (χ2n) is 2.35. The zero-order chi connectivity index (χ0) is 9.68. The first-order chi connectivity index (χ1) is 6.27. The molecule has 0 aliphatic rings. The van der Waals surface area contributed by atoms with E-state index in [4.69, 9.17) is 21.1 Å². The van der Waals surface area contributed by atoms with Gasteiger partial charge < -0.3 is 9.47 Å².